The highest BCUT2D eigenvalue weighted by Crippen LogP contribution is 2.27. The molecule has 0 unspecified atom stereocenters. The van der Waals surface area contributed by atoms with E-state index in [0.717, 1.165) is 0 Å². The molecule has 6 nitrogen and oxygen atoms in total. The fraction of sp³-hybridized carbons (Fsp3) is 0.154. The van der Waals surface area contributed by atoms with Crippen LogP contribution in [0.2, 0.25) is 0 Å². The van der Waals surface area contributed by atoms with Gasteiger partial charge in [0.05, 0.1) is 19.9 Å². The quantitative estimate of drug-likeness (QED) is 0.872. The van der Waals surface area contributed by atoms with E-state index < -0.39 is 10.0 Å². The van der Waals surface area contributed by atoms with E-state index in [0.29, 0.717) is 21.7 Å². The van der Waals surface area contributed by atoms with Crippen molar-refractivity contribution < 1.29 is 17.9 Å². The van der Waals surface area contributed by atoms with Crippen molar-refractivity contribution in [1.29, 1.82) is 0 Å². The normalized spacial score (nSPS) is 11.0. The van der Waals surface area contributed by atoms with Crippen LogP contribution in [0.25, 0.3) is 0 Å². The number of nitrogens with zero attached hydrogens (tertiary/aromatic N) is 1. The van der Waals surface area contributed by atoms with Gasteiger partial charge < -0.3 is 9.47 Å². The molecule has 1 N–H and O–H groups in total. The number of halogens is 1. The third-order valence-electron chi connectivity index (χ3n) is 2.59. The van der Waals surface area contributed by atoms with Crippen LogP contribution >= 0.6 is 15.9 Å². The minimum Gasteiger partial charge on any atom is -0.497 e. The smallest absolute Gasteiger partial charge is 0.263 e. The first kappa shape index (κ1) is 15.6. The van der Waals surface area contributed by atoms with Gasteiger partial charge in [0.1, 0.15) is 16.4 Å². The van der Waals surface area contributed by atoms with E-state index in [1.807, 2.05) is 0 Å². The van der Waals surface area contributed by atoms with Gasteiger partial charge in [-0.3, -0.25) is 9.71 Å². The van der Waals surface area contributed by atoms with Crippen LogP contribution in [0.3, 0.4) is 0 Å². The molecule has 0 bridgehead atoms. The number of sulfonamides is 1. The first-order valence-corrected chi connectivity index (χ1v) is 8.08. The van der Waals surface area contributed by atoms with Crippen molar-refractivity contribution in [1.82, 2.24) is 4.98 Å². The topological polar surface area (TPSA) is 77.5 Å². The van der Waals surface area contributed by atoms with Crippen LogP contribution in [0.15, 0.2) is 46.0 Å². The van der Waals surface area contributed by atoms with Crippen molar-refractivity contribution >= 4 is 31.6 Å². The molecule has 21 heavy (non-hydrogen) atoms. The van der Waals surface area contributed by atoms with Gasteiger partial charge in [0.25, 0.3) is 10.0 Å². The van der Waals surface area contributed by atoms with Gasteiger partial charge in [0.2, 0.25) is 0 Å². The minimum absolute atomic E-state index is 0.0543. The van der Waals surface area contributed by atoms with Gasteiger partial charge in [-0.15, -0.1) is 0 Å². The van der Waals surface area contributed by atoms with Crippen molar-refractivity contribution in [2.45, 2.75) is 4.90 Å². The fourth-order valence-corrected chi connectivity index (χ4v) is 3.16. The number of aromatic nitrogens is 1. The molecule has 0 aliphatic rings. The number of hydrogen-bond acceptors (Lipinski definition) is 5. The average molecular weight is 373 g/mol. The van der Waals surface area contributed by atoms with Gasteiger partial charge in [0.15, 0.2) is 0 Å². The van der Waals surface area contributed by atoms with Crippen LogP contribution in [0.1, 0.15) is 0 Å². The molecule has 0 radical (unpaired) electrons. The molecule has 0 aliphatic carbocycles. The summed E-state index contributed by atoms with van der Waals surface area (Å²) < 4.78 is 37.8. The second-order valence-electron chi connectivity index (χ2n) is 4.05. The van der Waals surface area contributed by atoms with Gasteiger partial charge in [-0.05, 0) is 22.0 Å². The van der Waals surface area contributed by atoms with E-state index in [1.54, 1.807) is 18.2 Å². The summed E-state index contributed by atoms with van der Waals surface area (Å²) in [6.45, 7) is 0. The molecule has 0 spiro atoms. The van der Waals surface area contributed by atoms with Crippen molar-refractivity contribution in [3.8, 4) is 11.5 Å². The van der Waals surface area contributed by atoms with Gasteiger partial charge >= 0.3 is 0 Å². The molecule has 1 heterocycles. The summed E-state index contributed by atoms with van der Waals surface area (Å²) >= 11 is 3.19. The largest absolute Gasteiger partial charge is 0.497 e. The zero-order valence-electron chi connectivity index (χ0n) is 11.3. The molecule has 2 aromatic rings. The van der Waals surface area contributed by atoms with Gasteiger partial charge in [-0.25, -0.2) is 8.42 Å². The maximum Gasteiger partial charge on any atom is 0.263 e. The van der Waals surface area contributed by atoms with E-state index in [-0.39, 0.29) is 4.90 Å². The molecule has 0 saturated heterocycles. The summed E-state index contributed by atoms with van der Waals surface area (Å²) in [5.74, 6) is 0.971. The second-order valence-corrected chi connectivity index (χ2v) is 6.64. The molecule has 2 rings (SSSR count). The lowest BCUT2D eigenvalue weighted by Crippen LogP contribution is -2.13. The Morgan fingerprint density at radius 3 is 2.19 bits per heavy atom. The van der Waals surface area contributed by atoms with Gasteiger partial charge in [-0.2, -0.15) is 0 Å². The Hall–Kier alpha value is -1.80. The van der Waals surface area contributed by atoms with Crippen LogP contribution in [-0.4, -0.2) is 27.6 Å². The first-order chi connectivity index (χ1) is 9.94. The van der Waals surface area contributed by atoms with Crippen LogP contribution in [0.4, 0.5) is 5.69 Å². The molecule has 1 aromatic heterocycles. The number of methoxy groups -OCH3 is 2. The lowest BCUT2D eigenvalue weighted by atomic mass is 10.3. The molecule has 0 saturated carbocycles. The number of ether oxygens (including phenoxy) is 2. The summed E-state index contributed by atoms with van der Waals surface area (Å²) in [7, 11) is -0.757. The maximum atomic E-state index is 12.3. The molecule has 0 aliphatic heterocycles. The van der Waals surface area contributed by atoms with E-state index in [1.165, 1.54) is 32.7 Å². The van der Waals surface area contributed by atoms with E-state index in [4.69, 9.17) is 9.47 Å². The van der Waals surface area contributed by atoms with Crippen molar-refractivity contribution in [2.24, 2.45) is 0 Å². The lowest BCUT2D eigenvalue weighted by Gasteiger charge is -2.11. The van der Waals surface area contributed by atoms with Crippen molar-refractivity contribution in [3.05, 3.63) is 41.1 Å². The van der Waals surface area contributed by atoms with Gasteiger partial charge in [-0.1, -0.05) is 0 Å². The molecule has 1 aromatic carbocycles. The second kappa shape index (κ2) is 6.31. The highest BCUT2D eigenvalue weighted by molar-refractivity contribution is 9.10. The SMILES string of the molecule is COc1cc(NS(=O)(=O)c2cncc(Br)c2)cc(OC)c1. The van der Waals surface area contributed by atoms with Crippen molar-refractivity contribution in [3.63, 3.8) is 0 Å². The summed E-state index contributed by atoms with van der Waals surface area (Å²) in [6, 6.07) is 6.24. The summed E-state index contributed by atoms with van der Waals surface area (Å²) in [6.07, 6.45) is 2.78. The first-order valence-electron chi connectivity index (χ1n) is 5.81. The summed E-state index contributed by atoms with van der Waals surface area (Å²) in [4.78, 5) is 3.90. The standard InChI is InChI=1S/C13H13BrN2O4S/c1-19-11-4-10(5-12(6-11)20-2)16-21(17,18)13-3-9(14)7-15-8-13/h3-8,16H,1-2H3. The predicted molar refractivity (Wildman–Crippen MR) is 82.3 cm³/mol. The third-order valence-corrected chi connectivity index (χ3v) is 4.38. The van der Waals surface area contributed by atoms with Gasteiger partial charge in [0, 0.05) is 35.1 Å². The zero-order chi connectivity index (χ0) is 15.5. The average Bonchev–Trinajstić information content (AvgIpc) is 2.46. The molecular weight excluding hydrogens is 360 g/mol. The lowest BCUT2D eigenvalue weighted by molar-refractivity contribution is 0.395. The Kier molecular flexibility index (Phi) is 4.69. The van der Waals surface area contributed by atoms with Crippen molar-refractivity contribution in [2.75, 3.05) is 18.9 Å². The highest BCUT2D eigenvalue weighted by atomic mass is 79.9. The summed E-state index contributed by atoms with van der Waals surface area (Å²) in [5, 5.41) is 0. The molecular formula is C13H13BrN2O4S. The number of benzene rings is 1. The Morgan fingerprint density at radius 2 is 1.67 bits per heavy atom. The monoisotopic (exact) mass is 372 g/mol. The Bertz CT molecular complexity index is 727. The molecule has 0 fully saturated rings. The third kappa shape index (κ3) is 3.85. The maximum absolute atomic E-state index is 12.3. The Labute approximate surface area is 131 Å². The summed E-state index contributed by atoms with van der Waals surface area (Å²) in [5.41, 5.74) is 0.339. The highest BCUT2D eigenvalue weighted by Gasteiger charge is 2.16. The minimum atomic E-state index is -3.74. The molecule has 8 heteroatoms. The van der Waals surface area contributed by atoms with Crippen LogP contribution in [0, 0.1) is 0 Å². The molecule has 0 amide bonds. The number of anilines is 1. The Balaban J connectivity index is 2.36. The number of hydrogen-bond donors (Lipinski definition) is 1. The number of rotatable bonds is 5. The number of pyridine rings is 1. The van der Waals surface area contributed by atoms with Crippen LogP contribution in [0.5, 0.6) is 11.5 Å². The predicted octanol–water partition coefficient (Wildman–Crippen LogP) is 2.66. The van der Waals surface area contributed by atoms with Crippen LogP contribution < -0.4 is 14.2 Å². The zero-order valence-corrected chi connectivity index (χ0v) is 13.7. The Morgan fingerprint density at radius 1 is 1.05 bits per heavy atom. The molecule has 112 valence electrons. The molecule has 0 atom stereocenters. The fourth-order valence-electron chi connectivity index (χ4n) is 1.62. The van der Waals surface area contributed by atoms with E-state index in [9.17, 15) is 8.42 Å². The van der Waals surface area contributed by atoms with E-state index in [2.05, 4.69) is 25.6 Å². The number of nitrogens with one attached hydrogen (secondary N) is 1. The van der Waals surface area contributed by atoms with E-state index >= 15 is 0 Å². The van der Waals surface area contributed by atoms with Crippen LogP contribution in [-0.2, 0) is 10.0 Å².